The van der Waals surface area contributed by atoms with Gasteiger partial charge in [-0.05, 0) is 39.1 Å². The van der Waals surface area contributed by atoms with Crippen molar-refractivity contribution in [1.82, 2.24) is 4.90 Å². The highest BCUT2D eigenvalue weighted by molar-refractivity contribution is 5.90. The molecule has 0 spiro atoms. The van der Waals surface area contributed by atoms with Gasteiger partial charge in [-0.1, -0.05) is 31.7 Å². The highest BCUT2D eigenvalue weighted by Gasteiger charge is 2.40. The van der Waals surface area contributed by atoms with E-state index in [9.17, 15) is 13.6 Å². The minimum atomic E-state index is -0.633. The van der Waals surface area contributed by atoms with Crippen molar-refractivity contribution >= 4 is 5.78 Å². The van der Waals surface area contributed by atoms with Crippen LogP contribution in [0.3, 0.4) is 0 Å². The van der Waals surface area contributed by atoms with E-state index < -0.39 is 17.2 Å². The first-order chi connectivity index (χ1) is 9.97. The number of hydrogen-bond acceptors (Lipinski definition) is 2. The quantitative estimate of drug-likeness (QED) is 0.789. The Bertz CT molecular complexity index is 485. The van der Waals surface area contributed by atoms with E-state index in [1.807, 2.05) is 19.0 Å². The van der Waals surface area contributed by atoms with Crippen LogP contribution in [0.1, 0.15) is 44.1 Å². The Morgan fingerprint density at radius 2 is 1.62 bits per heavy atom. The topological polar surface area (TPSA) is 20.3 Å². The third kappa shape index (κ3) is 3.31. The number of hydrogen-bond donors (Lipinski definition) is 0. The first kappa shape index (κ1) is 16.1. The van der Waals surface area contributed by atoms with Crippen molar-refractivity contribution in [3.63, 3.8) is 0 Å². The Kier molecular flexibility index (Phi) is 5.09. The monoisotopic (exact) mass is 295 g/mol. The molecule has 1 saturated carbocycles. The first-order valence-corrected chi connectivity index (χ1v) is 7.61. The molecule has 1 aromatic rings. The SMILES string of the molecule is CN(C)C1(C(=O)Cc2c(F)cccc2F)CCCCCC1. The van der Waals surface area contributed by atoms with Crippen LogP contribution >= 0.6 is 0 Å². The number of carbonyl (C=O) groups is 1. The van der Waals surface area contributed by atoms with Crippen LogP contribution in [0, 0.1) is 11.6 Å². The summed E-state index contributed by atoms with van der Waals surface area (Å²) in [5.41, 5.74) is -0.682. The lowest BCUT2D eigenvalue weighted by atomic mass is 9.81. The van der Waals surface area contributed by atoms with Crippen molar-refractivity contribution in [2.24, 2.45) is 0 Å². The fourth-order valence-corrected chi connectivity index (χ4v) is 3.32. The number of Topliss-reactive ketones (excluding diaryl/α,β-unsaturated/α-hetero) is 1. The van der Waals surface area contributed by atoms with Crippen molar-refractivity contribution < 1.29 is 13.6 Å². The Hall–Kier alpha value is -1.29. The molecule has 1 aliphatic rings. The first-order valence-electron chi connectivity index (χ1n) is 7.61. The molecule has 1 fully saturated rings. The molecule has 0 aliphatic heterocycles. The summed E-state index contributed by atoms with van der Waals surface area (Å²) >= 11 is 0. The summed E-state index contributed by atoms with van der Waals surface area (Å²) in [4.78, 5) is 14.8. The van der Waals surface area contributed by atoms with E-state index in [0.29, 0.717) is 0 Å². The molecule has 2 rings (SSSR count). The molecule has 0 aromatic heterocycles. The molecule has 1 aliphatic carbocycles. The molecule has 0 atom stereocenters. The second-order valence-corrected chi connectivity index (χ2v) is 6.14. The van der Waals surface area contributed by atoms with Gasteiger partial charge in [-0.15, -0.1) is 0 Å². The van der Waals surface area contributed by atoms with Crippen molar-refractivity contribution in [2.45, 2.75) is 50.5 Å². The maximum Gasteiger partial charge on any atom is 0.157 e. The largest absolute Gasteiger partial charge is 0.297 e. The second-order valence-electron chi connectivity index (χ2n) is 6.14. The third-order valence-electron chi connectivity index (χ3n) is 4.70. The number of nitrogens with zero attached hydrogens (tertiary/aromatic N) is 1. The lowest BCUT2D eigenvalue weighted by Gasteiger charge is -2.38. The molecule has 1 aromatic carbocycles. The smallest absolute Gasteiger partial charge is 0.157 e. The predicted octanol–water partition coefficient (Wildman–Crippen LogP) is 3.73. The molecular weight excluding hydrogens is 272 g/mol. The summed E-state index contributed by atoms with van der Waals surface area (Å²) in [6, 6.07) is 3.74. The van der Waals surface area contributed by atoms with Crippen LogP contribution in [0.25, 0.3) is 0 Å². The van der Waals surface area contributed by atoms with E-state index in [2.05, 4.69) is 0 Å². The van der Waals surface area contributed by atoms with Crippen LogP contribution in [0.2, 0.25) is 0 Å². The predicted molar refractivity (Wildman–Crippen MR) is 79.2 cm³/mol. The molecule has 4 heteroatoms. The van der Waals surface area contributed by atoms with E-state index in [-0.39, 0.29) is 17.8 Å². The maximum absolute atomic E-state index is 13.8. The van der Waals surface area contributed by atoms with Crippen LogP contribution in [0.15, 0.2) is 18.2 Å². The molecule has 0 unspecified atom stereocenters. The highest BCUT2D eigenvalue weighted by atomic mass is 19.1. The molecule has 0 bridgehead atoms. The number of carbonyl (C=O) groups excluding carboxylic acids is 1. The minimum absolute atomic E-state index is 0.0709. The van der Waals surface area contributed by atoms with E-state index in [0.717, 1.165) is 38.5 Å². The van der Waals surface area contributed by atoms with E-state index in [1.165, 1.54) is 18.2 Å². The number of rotatable bonds is 4. The van der Waals surface area contributed by atoms with Gasteiger partial charge in [0.1, 0.15) is 11.6 Å². The summed E-state index contributed by atoms with van der Waals surface area (Å²) < 4.78 is 27.6. The zero-order chi connectivity index (χ0) is 15.5. The summed E-state index contributed by atoms with van der Waals surface area (Å²) in [5.74, 6) is -1.34. The van der Waals surface area contributed by atoms with Crippen LogP contribution in [0.5, 0.6) is 0 Å². The minimum Gasteiger partial charge on any atom is -0.297 e. The number of halogens is 2. The molecule has 0 saturated heterocycles. The Balaban J connectivity index is 2.27. The number of benzene rings is 1. The van der Waals surface area contributed by atoms with Crippen LogP contribution in [0.4, 0.5) is 8.78 Å². The average Bonchev–Trinajstić information content (AvgIpc) is 2.69. The van der Waals surface area contributed by atoms with Crippen LogP contribution < -0.4 is 0 Å². The van der Waals surface area contributed by atoms with E-state index in [4.69, 9.17) is 0 Å². The molecule has 0 N–H and O–H groups in total. The Morgan fingerprint density at radius 1 is 1.10 bits per heavy atom. The standard InChI is InChI=1S/C17H23F2NO/c1-20(2)17(10-5-3-4-6-11-17)16(21)12-13-14(18)8-7-9-15(13)19/h7-9H,3-6,10-12H2,1-2H3. The van der Waals surface area contributed by atoms with E-state index >= 15 is 0 Å². The van der Waals surface area contributed by atoms with Crippen molar-refractivity contribution in [2.75, 3.05) is 14.1 Å². The van der Waals surface area contributed by atoms with Gasteiger partial charge < -0.3 is 0 Å². The zero-order valence-corrected chi connectivity index (χ0v) is 12.8. The Morgan fingerprint density at radius 3 is 2.10 bits per heavy atom. The number of ketones is 1. The summed E-state index contributed by atoms with van der Waals surface area (Å²) in [7, 11) is 3.78. The molecule has 2 nitrogen and oxygen atoms in total. The van der Waals surface area contributed by atoms with Gasteiger partial charge >= 0.3 is 0 Å². The summed E-state index contributed by atoms with van der Waals surface area (Å²) in [6.45, 7) is 0. The fraction of sp³-hybridized carbons (Fsp3) is 0.588. The van der Waals surface area contributed by atoms with Gasteiger partial charge in [0.25, 0.3) is 0 Å². The third-order valence-corrected chi connectivity index (χ3v) is 4.70. The maximum atomic E-state index is 13.8. The van der Waals surface area contributed by atoms with Gasteiger partial charge in [-0.25, -0.2) is 8.78 Å². The van der Waals surface area contributed by atoms with Crippen molar-refractivity contribution in [3.8, 4) is 0 Å². The average molecular weight is 295 g/mol. The summed E-state index contributed by atoms with van der Waals surface area (Å²) in [6.07, 6.45) is 5.60. The second kappa shape index (κ2) is 6.65. The van der Waals surface area contributed by atoms with Gasteiger partial charge in [0.2, 0.25) is 0 Å². The summed E-state index contributed by atoms with van der Waals surface area (Å²) in [5, 5.41) is 0. The van der Waals surface area contributed by atoms with Crippen molar-refractivity contribution in [3.05, 3.63) is 35.4 Å². The Labute approximate surface area is 125 Å². The van der Waals surface area contributed by atoms with Gasteiger partial charge in [0.05, 0.1) is 5.54 Å². The molecule has 116 valence electrons. The zero-order valence-electron chi connectivity index (χ0n) is 12.8. The molecular formula is C17H23F2NO. The van der Waals surface area contributed by atoms with Gasteiger partial charge in [-0.2, -0.15) is 0 Å². The van der Waals surface area contributed by atoms with Crippen LogP contribution in [-0.2, 0) is 11.2 Å². The molecule has 0 radical (unpaired) electrons. The lowest BCUT2D eigenvalue weighted by Crippen LogP contribution is -2.51. The molecule has 21 heavy (non-hydrogen) atoms. The van der Waals surface area contributed by atoms with E-state index in [1.54, 1.807) is 0 Å². The normalized spacial score (nSPS) is 18.5. The van der Waals surface area contributed by atoms with Crippen LogP contribution in [-0.4, -0.2) is 30.3 Å². The van der Waals surface area contributed by atoms with Crippen molar-refractivity contribution in [1.29, 1.82) is 0 Å². The lowest BCUT2D eigenvalue weighted by molar-refractivity contribution is -0.130. The molecule has 0 amide bonds. The van der Waals surface area contributed by atoms with Gasteiger partial charge in [0, 0.05) is 12.0 Å². The highest BCUT2D eigenvalue weighted by Crippen LogP contribution is 2.33. The fourth-order valence-electron chi connectivity index (χ4n) is 3.32. The van der Waals surface area contributed by atoms with Gasteiger partial charge in [-0.3, -0.25) is 9.69 Å². The number of likely N-dealkylation sites (N-methyl/N-ethyl adjacent to an activating group) is 1. The van der Waals surface area contributed by atoms with Gasteiger partial charge in [0.15, 0.2) is 5.78 Å². The molecule has 0 heterocycles.